The van der Waals surface area contributed by atoms with Gasteiger partial charge in [-0.1, -0.05) is 22.7 Å². The van der Waals surface area contributed by atoms with Gasteiger partial charge in [0, 0.05) is 31.4 Å². The number of benzene rings is 1. The molecule has 6 heteroatoms. The Labute approximate surface area is 134 Å². The molecule has 2 aromatic rings. The van der Waals surface area contributed by atoms with E-state index in [4.69, 9.17) is 9.47 Å². The molecule has 1 aromatic carbocycles. The van der Waals surface area contributed by atoms with E-state index in [0.29, 0.717) is 6.61 Å². The van der Waals surface area contributed by atoms with Crippen LogP contribution in [0.2, 0.25) is 0 Å². The largest absolute Gasteiger partial charge is 0.488 e. The number of para-hydroxylation sites is 1. The molecule has 1 spiro atoms. The molecule has 5 nitrogen and oxygen atoms in total. The topological polar surface area (TPSA) is 47.5 Å². The zero-order valence-corrected chi connectivity index (χ0v) is 13.2. The van der Waals surface area contributed by atoms with Crippen LogP contribution in [0, 0.1) is 0 Å². The van der Waals surface area contributed by atoms with Crippen LogP contribution in [0.5, 0.6) is 5.75 Å². The van der Waals surface area contributed by atoms with Crippen molar-refractivity contribution in [2.24, 2.45) is 0 Å². The maximum Gasteiger partial charge on any atom is 0.125 e. The lowest BCUT2D eigenvalue weighted by Gasteiger charge is -2.23. The van der Waals surface area contributed by atoms with Gasteiger partial charge in [0.15, 0.2) is 0 Å². The van der Waals surface area contributed by atoms with Crippen molar-refractivity contribution >= 4 is 11.5 Å². The van der Waals surface area contributed by atoms with E-state index in [2.05, 4.69) is 14.5 Å². The average molecular weight is 317 g/mol. The third-order valence-electron chi connectivity index (χ3n) is 4.41. The normalized spacial score (nSPS) is 28.5. The average Bonchev–Trinajstić information content (AvgIpc) is 3.25. The summed E-state index contributed by atoms with van der Waals surface area (Å²) < 4.78 is 16.1. The van der Waals surface area contributed by atoms with Gasteiger partial charge in [-0.2, -0.15) is 0 Å². The van der Waals surface area contributed by atoms with Crippen molar-refractivity contribution in [3.05, 3.63) is 41.4 Å². The van der Waals surface area contributed by atoms with Crippen LogP contribution in [0.25, 0.3) is 0 Å². The quantitative estimate of drug-likeness (QED) is 0.866. The second-order valence-electron chi connectivity index (χ2n) is 6.11. The molecule has 0 amide bonds. The van der Waals surface area contributed by atoms with Gasteiger partial charge in [-0.25, -0.2) is 0 Å². The summed E-state index contributed by atoms with van der Waals surface area (Å²) in [6.45, 7) is 3.56. The molecule has 0 N–H and O–H groups in total. The van der Waals surface area contributed by atoms with Crippen LogP contribution in [-0.4, -0.2) is 45.9 Å². The summed E-state index contributed by atoms with van der Waals surface area (Å²) in [5.41, 5.74) is 1.01. The molecule has 0 bridgehead atoms. The molecule has 2 atom stereocenters. The zero-order chi connectivity index (χ0) is 14.8. The van der Waals surface area contributed by atoms with Gasteiger partial charge in [-0.3, -0.25) is 4.90 Å². The van der Waals surface area contributed by atoms with E-state index < -0.39 is 0 Å². The predicted molar refractivity (Wildman–Crippen MR) is 84.0 cm³/mol. The van der Waals surface area contributed by atoms with Gasteiger partial charge in [0.1, 0.15) is 11.9 Å². The van der Waals surface area contributed by atoms with Crippen LogP contribution in [-0.2, 0) is 11.3 Å². The maximum absolute atomic E-state index is 6.14. The van der Waals surface area contributed by atoms with E-state index in [0.717, 1.165) is 43.9 Å². The molecule has 0 aliphatic carbocycles. The molecule has 3 heterocycles. The first-order valence-electron chi connectivity index (χ1n) is 7.65. The highest BCUT2D eigenvalue weighted by atomic mass is 32.1. The minimum absolute atomic E-state index is 0.0388. The van der Waals surface area contributed by atoms with E-state index in [1.807, 2.05) is 35.7 Å². The minimum Gasteiger partial charge on any atom is -0.488 e. The first kappa shape index (κ1) is 14.1. The van der Waals surface area contributed by atoms with E-state index in [1.165, 1.54) is 11.5 Å². The maximum atomic E-state index is 6.14. The molecular formula is C16H19N3O2S. The van der Waals surface area contributed by atoms with Crippen LogP contribution in [0.1, 0.15) is 18.5 Å². The highest BCUT2D eigenvalue weighted by Gasteiger charge is 2.46. The smallest absolute Gasteiger partial charge is 0.125 e. The second kappa shape index (κ2) is 5.95. The highest BCUT2D eigenvalue weighted by molar-refractivity contribution is 7.03. The Hall–Kier alpha value is -1.50. The van der Waals surface area contributed by atoms with Crippen molar-refractivity contribution in [2.75, 3.05) is 19.7 Å². The van der Waals surface area contributed by atoms with Crippen molar-refractivity contribution in [3.63, 3.8) is 0 Å². The Bertz CT molecular complexity index is 607. The van der Waals surface area contributed by atoms with Gasteiger partial charge in [0.05, 0.1) is 17.9 Å². The number of rotatable bonds is 4. The Morgan fingerprint density at radius 1 is 1.36 bits per heavy atom. The summed E-state index contributed by atoms with van der Waals surface area (Å²) in [6, 6.07) is 10.0. The predicted octanol–water partition coefficient (Wildman–Crippen LogP) is 2.35. The van der Waals surface area contributed by atoms with Crippen LogP contribution in [0.15, 0.2) is 35.7 Å². The molecular weight excluding hydrogens is 298 g/mol. The number of nitrogens with zero attached hydrogens (tertiary/aromatic N) is 3. The fraction of sp³-hybridized carbons (Fsp3) is 0.500. The number of hydrogen-bond donors (Lipinski definition) is 0. The van der Waals surface area contributed by atoms with Crippen molar-refractivity contribution in [3.8, 4) is 5.75 Å². The standard InChI is InChI=1S/C16H19N3O2S/c1-2-4-14(5-3-1)21-15-8-16(20-10-15)6-7-19(12-16)9-13-11-22-18-17-13/h1-5,11,15H,6-10,12H2. The molecule has 1 aromatic heterocycles. The van der Waals surface area contributed by atoms with E-state index >= 15 is 0 Å². The molecule has 2 unspecified atom stereocenters. The first-order chi connectivity index (χ1) is 10.8. The van der Waals surface area contributed by atoms with Gasteiger partial charge >= 0.3 is 0 Å². The minimum atomic E-state index is -0.0388. The van der Waals surface area contributed by atoms with E-state index in [9.17, 15) is 0 Å². The van der Waals surface area contributed by atoms with E-state index in [-0.39, 0.29) is 11.7 Å². The summed E-state index contributed by atoms with van der Waals surface area (Å²) in [6.07, 6.45) is 2.19. The molecule has 0 radical (unpaired) electrons. The monoisotopic (exact) mass is 317 g/mol. The van der Waals surface area contributed by atoms with Gasteiger partial charge in [0.2, 0.25) is 0 Å². The molecule has 116 valence electrons. The van der Waals surface area contributed by atoms with Crippen LogP contribution < -0.4 is 4.74 Å². The van der Waals surface area contributed by atoms with Crippen LogP contribution >= 0.6 is 11.5 Å². The van der Waals surface area contributed by atoms with Gasteiger partial charge in [-0.05, 0) is 30.1 Å². The molecule has 2 fully saturated rings. The lowest BCUT2D eigenvalue weighted by molar-refractivity contribution is 0.00927. The molecule has 2 aliphatic heterocycles. The number of ether oxygens (including phenoxy) is 2. The van der Waals surface area contributed by atoms with Crippen LogP contribution in [0.4, 0.5) is 0 Å². The Balaban J connectivity index is 1.34. The first-order valence-corrected chi connectivity index (χ1v) is 8.49. The lowest BCUT2D eigenvalue weighted by Crippen LogP contribution is -2.33. The van der Waals surface area contributed by atoms with Crippen molar-refractivity contribution in [1.82, 2.24) is 14.5 Å². The Morgan fingerprint density at radius 3 is 3.09 bits per heavy atom. The summed E-state index contributed by atoms with van der Waals surface area (Å²) >= 11 is 1.41. The van der Waals surface area contributed by atoms with Crippen molar-refractivity contribution in [1.29, 1.82) is 0 Å². The molecule has 22 heavy (non-hydrogen) atoms. The summed E-state index contributed by atoms with van der Waals surface area (Å²) in [7, 11) is 0. The zero-order valence-electron chi connectivity index (χ0n) is 12.4. The number of likely N-dealkylation sites (tertiary alicyclic amines) is 1. The molecule has 2 saturated heterocycles. The molecule has 2 aliphatic rings. The van der Waals surface area contributed by atoms with Gasteiger partial charge < -0.3 is 9.47 Å². The van der Waals surface area contributed by atoms with Gasteiger partial charge in [0.25, 0.3) is 0 Å². The Morgan fingerprint density at radius 2 is 2.27 bits per heavy atom. The highest BCUT2D eigenvalue weighted by Crippen LogP contribution is 2.37. The third kappa shape index (κ3) is 2.99. The summed E-state index contributed by atoms with van der Waals surface area (Å²) in [4.78, 5) is 2.40. The fourth-order valence-corrected chi connectivity index (χ4v) is 3.84. The SMILES string of the molecule is c1ccc(OC2COC3(CCN(Cc4csnn4)C3)C2)cc1. The lowest BCUT2D eigenvalue weighted by atomic mass is 9.98. The van der Waals surface area contributed by atoms with Crippen LogP contribution in [0.3, 0.4) is 0 Å². The van der Waals surface area contributed by atoms with Gasteiger partial charge in [-0.15, -0.1) is 5.10 Å². The molecule has 0 saturated carbocycles. The summed E-state index contributed by atoms with van der Waals surface area (Å²) in [5, 5.41) is 6.14. The third-order valence-corrected chi connectivity index (χ3v) is 4.96. The van der Waals surface area contributed by atoms with Crippen molar-refractivity contribution < 1.29 is 9.47 Å². The van der Waals surface area contributed by atoms with E-state index in [1.54, 1.807) is 0 Å². The second-order valence-corrected chi connectivity index (χ2v) is 6.72. The fourth-order valence-electron chi connectivity index (χ4n) is 3.40. The molecule has 4 rings (SSSR count). The van der Waals surface area contributed by atoms with Crippen molar-refractivity contribution in [2.45, 2.75) is 31.1 Å². The number of hydrogen-bond acceptors (Lipinski definition) is 6. The number of aromatic nitrogens is 2. The summed E-state index contributed by atoms with van der Waals surface area (Å²) in [5.74, 6) is 0.927. The Kier molecular flexibility index (Phi) is 3.82.